The number of fused-ring (bicyclic) bond motifs is 1. The van der Waals surface area contributed by atoms with Crippen LogP contribution in [0.25, 0.3) is 0 Å². The molecule has 3 fully saturated rings. The monoisotopic (exact) mass is 710 g/mol. The Morgan fingerprint density at radius 3 is 2.63 bits per heavy atom. The molecule has 1 aromatic heterocycles. The number of esters is 1. The largest absolute Gasteiger partial charge is 0.490 e. The van der Waals surface area contributed by atoms with Crippen molar-refractivity contribution in [3.63, 3.8) is 0 Å². The second kappa shape index (κ2) is 14.0. The molecule has 49 heavy (non-hydrogen) atoms. The Morgan fingerprint density at radius 1 is 1.08 bits per heavy atom. The summed E-state index contributed by atoms with van der Waals surface area (Å²) < 4.78 is 40.3. The standard InChI is InChI=1S/C35H37ClF2N6O4S/c1-20-3-6-25(7-4-20)48-26-14-22(38)13-23(16-26)44-18-24-17-42(10-11-43(24)35(44)46)19-29-30(34(45)47-2)31(27-8-5-21(37)15-28(27)36)41-32(40-29)33-39-9-12-49-33/h5,8-9,12-16,20,24-25,31H,3-4,6-7,10-11,17-19H2,1-2H3,(H,40,41)/t20?,24?,25?,31-/m0/s1. The number of benzene rings is 2. The van der Waals surface area contributed by atoms with Crippen molar-refractivity contribution in [2.75, 3.05) is 44.7 Å². The van der Waals surface area contributed by atoms with E-state index in [1.165, 1.54) is 48.8 Å². The number of nitrogens with one attached hydrogen (secondary N) is 1. The Kier molecular flexibility index (Phi) is 9.58. The molecule has 0 radical (unpaired) electrons. The van der Waals surface area contributed by atoms with Gasteiger partial charge in [-0.2, -0.15) is 0 Å². The molecular weight excluding hydrogens is 674 g/mol. The number of ether oxygens (including phenoxy) is 2. The summed E-state index contributed by atoms with van der Waals surface area (Å²) in [6.07, 6.45) is 5.72. The van der Waals surface area contributed by atoms with Gasteiger partial charge in [-0.15, -0.1) is 11.3 Å². The molecule has 0 spiro atoms. The zero-order chi connectivity index (χ0) is 34.2. The van der Waals surface area contributed by atoms with Gasteiger partial charge >= 0.3 is 12.0 Å². The molecule has 7 rings (SSSR count). The number of halogens is 3. The molecule has 2 atom stereocenters. The number of urea groups is 1. The molecule has 3 aromatic rings. The number of carbonyl (C=O) groups excluding carboxylic acids is 2. The van der Waals surface area contributed by atoms with Gasteiger partial charge in [0.1, 0.15) is 23.4 Å². The minimum Gasteiger partial charge on any atom is -0.490 e. The molecular formula is C35H37ClF2N6O4S. The number of aromatic nitrogens is 1. The van der Waals surface area contributed by atoms with Crippen LogP contribution in [0.1, 0.15) is 49.2 Å². The molecule has 1 saturated carbocycles. The summed E-state index contributed by atoms with van der Waals surface area (Å²) >= 11 is 7.88. The lowest BCUT2D eigenvalue weighted by Gasteiger charge is -2.38. The van der Waals surface area contributed by atoms with Crippen LogP contribution in [0, 0.1) is 17.6 Å². The Balaban J connectivity index is 1.12. The maximum absolute atomic E-state index is 14.9. The fourth-order valence-corrected chi connectivity index (χ4v) is 7.99. The summed E-state index contributed by atoms with van der Waals surface area (Å²) in [4.78, 5) is 41.8. The number of piperazine rings is 1. The summed E-state index contributed by atoms with van der Waals surface area (Å²) in [6, 6.07) is 7.29. The van der Waals surface area contributed by atoms with Gasteiger partial charge in [0.15, 0.2) is 10.8 Å². The maximum atomic E-state index is 14.9. The van der Waals surface area contributed by atoms with Gasteiger partial charge in [0, 0.05) is 72.7 Å². The average molecular weight is 711 g/mol. The second-order valence-corrected chi connectivity index (χ2v) is 14.3. The number of hydrogen-bond donors (Lipinski definition) is 1. The molecule has 4 heterocycles. The van der Waals surface area contributed by atoms with Crippen LogP contribution in [0.4, 0.5) is 19.3 Å². The van der Waals surface area contributed by atoms with Crippen LogP contribution >= 0.6 is 22.9 Å². The molecule has 3 aliphatic heterocycles. The molecule has 10 nitrogen and oxygen atoms in total. The van der Waals surface area contributed by atoms with E-state index in [1.54, 1.807) is 17.2 Å². The van der Waals surface area contributed by atoms with Crippen molar-refractivity contribution in [3.8, 4) is 5.75 Å². The first-order valence-electron chi connectivity index (χ1n) is 16.5. The van der Waals surface area contributed by atoms with Crippen LogP contribution in [0.3, 0.4) is 0 Å². The molecule has 2 saturated heterocycles. The summed E-state index contributed by atoms with van der Waals surface area (Å²) in [6.45, 7) is 4.39. The van der Waals surface area contributed by atoms with Gasteiger partial charge in [-0.3, -0.25) is 14.8 Å². The smallest absolute Gasteiger partial charge is 0.338 e. The zero-order valence-corrected chi connectivity index (χ0v) is 28.8. The van der Waals surface area contributed by atoms with Gasteiger partial charge in [-0.05, 0) is 49.8 Å². The van der Waals surface area contributed by atoms with Gasteiger partial charge in [0.05, 0.1) is 30.5 Å². The Labute approximate surface area is 292 Å². The molecule has 1 aliphatic carbocycles. The minimum atomic E-state index is -0.873. The van der Waals surface area contributed by atoms with Crippen LogP contribution in [0.15, 0.2) is 64.2 Å². The first-order valence-corrected chi connectivity index (χ1v) is 17.7. The molecule has 1 N–H and O–H groups in total. The van der Waals surface area contributed by atoms with Gasteiger partial charge in [0.25, 0.3) is 0 Å². The number of amides is 2. The minimum absolute atomic E-state index is 0.0393. The fraction of sp³-hybridized carbons (Fsp3) is 0.429. The number of rotatable bonds is 8. The SMILES string of the molecule is COC(=O)C1=C(CN2CCN3C(=O)N(c4cc(F)cc(OC5CCC(C)CC5)c4)CC3C2)NC(c2nccs2)=N[C@H]1c1ccc(F)cc1Cl. The number of amidine groups is 1. The molecule has 2 amide bonds. The third kappa shape index (κ3) is 7.01. The normalized spacial score (nSPS) is 24.4. The quantitative estimate of drug-likeness (QED) is 0.279. The molecule has 258 valence electrons. The van der Waals surface area contributed by atoms with Gasteiger partial charge in [-0.25, -0.2) is 23.4 Å². The lowest BCUT2D eigenvalue weighted by Crippen LogP contribution is -2.53. The van der Waals surface area contributed by atoms with Crippen molar-refractivity contribution < 1.29 is 27.8 Å². The molecule has 0 bridgehead atoms. The van der Waals surface area contributed by atoms with Crippen LogP contribution < -0.4 is 15.0 Å². The van der Waals surface area contributed by atoms with E-state index in [1.807, 2.05) is 10.3 Å². The maximum Gasteiger partial charge on any atom is 0.338 e. The molecule has 4 aliphatic rings. The topological polar surface area (TPSA) is 99.6 Å². The lowest BCUT2D eigenvalue weighted by atomic mass is 9.89. The zero-order valence-electron chi connectivity index (χ0n) is 27.2. The van der Waals surface area contributed by atoms with Crippen molar-refractivity contribution in [1.82, 2.24) is 20.1 Å². The van der Waals surface area contributed by atoms with Crippen LogP contribution in [0.5, 0.6) is 5.75 Å². The number of nitrogens with zero attached hydrogens (tertiary/aromatic N) is 5. The van der Waals surface area contributed by atoms with E-state index in [-0.39, 0.29) is 28.8 Å². The number of methoxy groups -OCH3 is 1. The average Bonchev–Trinajstić information content (AvgIpc) is 3.73. The highest BCUT2D eigenvalue weighted by Crippen LogP contribution is 2.38. The number of aliphatic imine (C=N–C) groups is 1. The number of hydrogen-bond acceptors (Lipinski definition) is 9. The first-order chi connectivity index (χ1) is 23.7. The summed E-state index contributed by atoms with van der Waals surface area (Å²) in [5, 5.41) is 5.89. The Hall–Kier alpha value is -4.07. The highest BCUT2D eigenvalue weighted by molar-refractivity contribution is 7.11. The van der Waals surface area contributed by atoms with Crippen molar-refractivity contribution in [2.24, 2.45) is 10.9 Å². The van der Waals surface area contributed by atoms with E-state index in [0.717, 1.165) is 25.7 Å². The molecule has 1 unspecified atom stereocenters. The van der Waals surface area contributed by atoms with E-state index >= 15 is 0 Å². The predicted molar refractivity (Wildman–Crippen MR) is 183 cm³/mol. The fourth-order valence-electron chi connectivity index (χ4n) is 7.13. The lowest BCUT2D eigenvalue weighted by molar-refractivity contribution is -0.136. The van der Waals surface area contributed by atoms with Crippen molar-refractivity contribution in [1.29, 1.82) is 0 Å². The van der Waals surface area contributed by atoms with E-state index < -0.39 is 23.6 Å². The predicted octanol–water partition coefficient (Wildman–Crippen LogP) is 6.18. The summed E-state index contributed by atoms with van der Waals surface area (Å²) in [5.41, 5.74) is 1.73. The van der Waals surface area contributed by atoms with E-state index in [4.69, 9.17) is 26.1 Å². The third-order valence-electron chi connectivity index (χ3n) is 9.68. The van der Waals surface area contributed by atoms with E-state index in [0.29, 0.717) is 72.2 Å². The van der Waals surface area contributed by atoms with E-state index in [9.17, 15) is 18.4 Å². The van der Waals surface area contributed by atoms with Crippen molar-refractivity contribution >= 4 is 46.5 Å². The van der Waals surface area contributed by atoms with Gasteiger partial charge in [-0.1, -0.05) is 24.6 Å². The van der Waals surface area contributed by atoms with E-state index in [2.05, 4.69) is 22.1 Å². The third-order valence-corrected chi connectivity index (χ3v) is 10.8. The molecule has 2 aromatic carbocycles. The van der Waals surface area contributed by atoms with Gasteiger partial charge in [0.2, 0.25) is 0 Å². The highest BCUT2D eigenvalue weighted by Gasteiger charge is 2.42. The highest BCUT2D eigenvalue weighted by atomic mass is 35.5. The van der Waals surface area contributed by atoms with Gasteiger partial charge < -0.3 is 19.7 Å². The van der Waals surface area contributed by atoms with Crippen LogP contribution in [0.2, 0.25) is 5.02 Å². The van der Waals surface area contributed by atoms with Crippen LogP contribution in [-0.4, -0.2) is 84.6 Å². The number of anilines is 1. The van der Waals surface area contributed by atoms with Crippen molar-refractivity contribution in [3.05, 3.63) is 86.5 Å². The Morgan fingerprint density at radius 2 is 1.90 bits per heavy atom. The van der Waals surface area contributed by atoms with Crippen molar-refractivity contribution in [2.45, 2.75) is 50.8 Å². The Bertz CT molecular complexity index is 1800. The molecule has 14 heteroatoms. The first kappa shape index (κ1) is 33.4. The van der Waals surface area contributed by atoms with Crippen LogP contribution in [-0.2, 0) is 9.53 Å². The summed E-state index contributed by atoms with van der Waals surface area (Å²) in [5.74, 6) is 0.0123. The number of thiazole rings is 1. The summed E-state index contributed by atoms with van der Waals surface area (Å²) in [7, 11) is 1.30. The number of carbonyl (C=O) groups is 2. The second-order valence-electron chi connectivity index (χ2n) is 13.0.